The van der Waals surface area contributed by atoms with Crippen molar-refractivity contribution in [1.29, 1.82) is 0 Å². The zero-order valence-corrected chi connectivity index (χ0v) is 12.6. The highest BCUT2D eigenvalue weighted by Gasteiger charge is 2.20. The van der Waals surface area contributed by atoms with E-state index in [-0.39, 0.29) is 11.9 Å². The van der Waals surface area contributed by atoms with E-state index in [9.17, 15) is 4.79 Å². The summed E-state index contributed by atoms with van der Waals surface area (Å²) in [5.74, 6) is 0.830. The minimum atomic E-state index is -0.0893. The van der Waals surface area contributed by atoms with E-state index in [0.29, 0.717) is 6.61 Å². The number of hydrogen-bond acceptors (Lipinski definition) is 2. The van der Waals surface area contributed by atoms with Crippen LogP contribution in [0.3, 0.4) is 0 Å². The van der Waals surface area contributed by atoms with E-state index in [2.05, 4.69) is 5.32 Å². The van der Waals surface area contributed by atoms with Crippen molar-refractivity contribution < 1.29 is 9.53 Å². The lowest BCUT2D eigenvalue weighted by Gasteiger charge is -2.25. The van der Waals surface area contributed by atoms with Gasteiger partial charge < -0.3 is 10.1 Å². The van der Waals surface area contributed by atoms with Crippen LogP contribution in [0, 0.1) is 6.92 Å². The average Bonchev–Trinajstić information content (AvgIpc) is 2.54. The van der Waals surface area contributed by atoms with Gasteiger partial charge in [-0.25, -0.2) is 0 Å². The van der Waals surface area contributed by atoms with Crippen molar-refractivity contribution in [1.82, 2.24) is 5.32 Å². The maximum atomic E-state index is 12.0. The fraction of sp³-hybridized carbons (Fsp3) is 0.211. The van der Waals surface area contributed by atoms with Crippen LogP contribution < -0.4 is 10.1 Å². The van der Waals surface area contributed by atoms with Crippen LogP contribution in [-0.4, -0.2) is 18.6 Å². The fourth-order valence-corrected chi connectivity index (χ4v) is 2.52. The molecule has 3 nitrogen and oxygen atoms in total. The van der Waals surface area contributed by atoms with Crippen LogP contribution in [0.25, 0.3) is 6.08 Å². The SMILES string of the molecule is Cc1ccc(/C=C/C(=O)N[C@H]2COc3ccccc3C2)cc1. The Morgan fingerprint density at radius 1 is 1.18 bits per heavy atom. The van der Waals surface area contributed by atoms with Gasteiger partial charge in [-0.1, -0.05) is 48.0 Å². The largest absolute Gasteiger partial charge is 0.491 e. The monoisotopic (exact) mass is 293 g/mol. The minimum absolute atomic E-state index is 0.0186. The summed E-state index contributed by atoms with van der Waals surface area (Å²) < 4.78 is 5.67. The highest BCUT2D eigenvalue weighted by molar-refractivity contribution is 5.91. The second-order valence-corrected chi connectivity index (χ2v) is 5.57. The first-order valence-corrected chi connectivity index (χ1v) is 7.47. The molecule has 1 heterocycles. The Bertz CT molecular complexity index is 689. The topological polar surface area (TPSA) is 38.3 Å². The molecule has 0 saturated carbocycles. The summed E-state index contributed by atoms with van der Waals surface area (Å²) >= 11 is 0. The minimum Gasteiger partial charge on any atom is -0.491 e. The van der Waals surface area contributed by atoms with Crippen LogP contribution in [0.1, 0.15) is 16.7 Å². The maximum absolute atomic E-state index is 12.0. The summed E-state index contributed by atoms with van der Waals surface area (Å²) in [6, 6.07) is 16.0. The molecule has 1 N–H and O–H groups in total. The number of amides is 1. The zero-order valence-electron chi connectivity index (χ0n) is 12.6. The molecule has 0 radical (unpaired) electrons. The van der Waals surface area contributed by atoms with Crippen molar-refractivity contribution in [2.45, 2.75) is 19.4 Å². The van der Waals surface area contributed by atoms with Crippen molar-refractivity contribution in [2.24, 2.45) is 0 Å². The lowest BCUT2D eigenvalue weighted by atomic mass is 10.0. The molecule has 3 rings (SSSR count). The number of ether oxygens (including phenoxy) is 1. The smallest absolute Gasteiger partial charge is 0.244 e. The molecule has 0 fully saturated rings. The molecule has 2 aromatic carbocycles. The van der Waals surface area contributed by atoms with Gasteiger partial charge in [0.1, 0.15) is 12.4 Å². The van der Waals surface area contributed by atoms with Gasteiger partial charge in [-0.3, -0.25) is 4.79 Å². The highest BCUT2D eigenvalue weighted by atomic mass is 16.5. The Hall–Kier alpha value is -2.55. The van der Waals surface area contributed by atoms with Crippen LogP contribution in [0.4, 0.5) is 0 Å². The van der Waals surface area contributed by atoms with Crippen molar-refractivity contribution in [3.05, 3.63) is 71.3 Å². The van der Waals surface area contributed by atoms with Crippen LogP contribution in [0.15, 0.2) is 54.6 Å². The number of carbonyl (C=O) groups excluding carboxylic acids is 1. The molecular weight excluding hydrogens is 274 g/mol. The van der Waals surface area contributed by atoms with Crippen LogP contribution in [-0.2, 0) is 11.2 Å². The first-order valence-electron chi connectivity index (χ1n) is 7.47. The normalized spacial score (nSPS) is 16.9. The standard InChI is InChI=1S/C19H19NO2/c1-14-6-8-15(9-7-14)10-11-19(21)20-17-12-16-4-2-3-5-18(16)22-13-17/h2-11,17H,12-13H2,1H3,(H,20,21)/b11-10+/t17-/m1/s1. The number of nitrogens with one attached hydrogen (secondary N) is 1. The zero-order chi connectivity index (χ0) is 15.4. The Morgan fingerprint density at radius 2 is 1.95 bits per heavy atom. The molecule has 1 aliphatic heterocycles. The Kier molecular flexibility index (Phi) is 4.24. The van der Waals surface area contributed by atoms with E-state index < -0.39 is 0 Å². The van der Waals surface area contributed by atoms with Crippen LogP contribution in [0.5, 0.6) is 5.75 Å². The van der Waals surface area contributed by atoms with E-state index >= 15 is 0 Å². The van der Waals surface area contributed by atoms with Gasteiger partial charge in [-0.15, -0.1) is 0 Å². The number of para-hydroxylation sites is 1. The van der Waals surface area contributed by atoms with Gasteiger partial charge in [-0.05, 0) is 36.6 Å². The van der Waals surface area contributed by atoms with Gasteiger partial charge in [0.25, 0.3) is 0 Å². The van der Waals surface area contributed by atoms with Gasteiger partial charge in [0.2, 0.25) is 5.91 Å². The van der Waals surface area contributed by atoms with Gasteiger partial charge in [0.05, 0.1) is 6.04 Å². The first-order chi connectivity index (χ1) is 10.7. The van der Waals surface area contributed by atoms with E-state index in [1.807, 2.05) is 61.5 Å². The van der Waals surface area contributed by atoms with Gasteiger partial charge >= 0.3 is 0 Å². The number of carbonyl (C=O) groups is 1. The van der Waals surface area contributed by atoms with Crippen molar-refractivity contribution in [3.63, 3.8) is 0 Å². The predicted molar refractivity (Wildman–Crippen MR) is 87.8 cm³/mol. The van der Waals surface area contributed by atoms with Gasteiger partial charge in [0, 0.05) is 6.08 Å². The van der Waals surface area contributed by atoms with Gasteiger partial charge in [-0.2, -0.15) is 0 Å². The average molecular weight is 293 g/mol. The molecule has 0 bridgehead atoms. The van der Waals surface area contributed by atoms with Crippen molar-refractivity contribution in [3.8, 4) is 5.75 Å². The number of hydrogen-bond donors (Lipinski definition) is 1. The third kappa shape index (κ3) is 3.55. The number of benzene rings is 2. The number of aryl methyl sites for hydroxylation is 1. The highest BCUT2D eigenvalue weighted by Crippen LogP contribution is 2.23. The first kappa shape index (κ1) is 14.4. The molecule has 1 atom stereocenters. The molecule has 1 amide bonds. The van der Waals surface area contributed by atoms with E-state index in [0.717, 1.165) is 23.3 Å². The van der Waals surface area contributed by atoms with Crippen molar-refractivity contribution in [2.75, 3.05) is 6.61 Å². The fourth-order valence-electron chi connectivity index (χ4n) is 2.52. The molecule has 0 saturated heterocycles. The summed E-state index contributed by atoms with van der Waals surface area (Å²) in [6.07, 6.45) is 4.21. The van der Waals surface area contributed by atoms with Crippen molar-refractivity contribution >= 4 is 12.0 Å². The molecule has 22 heavy (non-hydrogen) atoms. The quantitative estimate of drug-likeness (QED) is 0.883. The molecule has 0 unspecified atom stereocenters. The number of fused-ring (bicyclic) bond motifs is 1. The molecule has 0 aromatic heterocycles. The Morgan fingerprint density at radius 3 is 2.77 bits per heavy atom. The third-order valence-electron chi connectivity index (χ3n) is 3.73. The second-order valence-electron chi connectivity index (χ2n) is 5.57. The summed E-state index contributed by atoms with van der Waals surface area (Å²) in [7, 11) is 0. The molecule has 3 heteroatoms. The molecule has 2 aromatic rings. The molecule has 112 valence electrons. The molecule has 0 spiro atoms. The summed E-state index contributed by atoms with van der Waals surface area (Å²) in [5, 5.41) is 2.99. The molecular formula is C19H19NO2. The van der Waals surface area contributed by atoms with Crippen LogP contribution in [0.2, 0.25) is 0 Å². The summed E-state index contributed by atoms with van der Waals surface area (Å²) in [6.45, 7) is 2.56. The van der Waals surface area contributed by atoms with Crippen LogP contribution >= 0.6 is 0 Å². The lowest BCUT2D eigenvalue weighted by Crippen LogP contribution is -2.42. The van der Waals surface area contributed by atoms with Gasteiger partial charge in [0.15, 0.2) is 0 Å². The third-order valence-corrected chi connectivity index (χ3v) is 3.73. The van der Waals surface area contributed by atoms with E-state index in [1.54, 1.807) is 6.08 Å². The molecule has 1 aliphatic rings. The lowest BCUT2D eigenvalue weighted by molar-refractivity contribution is -0.117. The maximum Gasteiger partial charge on any atom is 0.244 e. The second kappa shape index (κ2) is 6.48. The Balaban J connectivity index is 1.57. The Labute approximate surface area is 130 Å². The predicted octanol–water partition coefficient (Wildman–Crippen LogP) is 3.13. The van der Waals surface area contributed by atoms with E-state index in [4.69, 9.17) is 4.74 Å². The molecule has 0 aliphatic carbocycles. The summed E-state index contributed by atoms with van der Waals surface area (Å²) in [5.41, 5.74) is 3.37. The number of rotatable bonds is 3. The summed E-state index contributed by atoms with van der Waals surface area (Å²) in [4.78, 5) is 12.0. The van der Waals surface area contributed by atoms with E-state index in [1.165, 1.54) is 5.56 Å².